The predicted octanol–water partition coefficient (Wildman–Crippen LogP) is 2.20. The van der Waals surface area contributed by atoms with Crippen LogP contribution < -0.4 is 5.73 Å². The Hall–Kier alpha value is -1.19. The van der Waals surface area contributed by atoms with E-state index in [-0.39, 0.29) is 10.8 Å². The molecule has 1 aromatic carbocycles. The highest BCUT2D eigenvalue weighted by Crippen LogP contribution is 2.31. The number of hydrogen-bond donors (Lipinski definition) is 2. The summed E-state index contributed by atoms with van der Waals surface area (Å²) in [5.41, 5.74) is 5.24. The van der Waals surface area contributed by atoms with E-state index in [0.29, 0.717) is 10.6 Å². The summed E-state index contributed by atoms with van der Waals surface area (Å²) in [7, 11) is 0. The van der Waals surface area contributed by atoms with Gasteiger partial charge in [0, 0.05) is 16.7 Å². The van der Waals surface area contributed by atoms with Gasteiger partial charge in [-0.3, -0.25) is 4.79 Å². The third-order valence-electron chi connectivity index (χ3n) is 1.48. The Morgan fingerprint density at radius 2 is 2.07 bits per heavy atom. The van der Waals surface area contributed by atoms with Crippen LogP contribution in [0.4, 0.5) is 0 Å². The first kappa shape index (κ1) is 10.9. The number of carbonyl (C=O) groups excluding carboxylic acids is 1. The number of carbonyl (C=O) groups is 1. The van der Waals surface area contributed by atoms with E-state index < -0.39 is 5.91 Å². The normalized spacial score (nSPS) is 10.7. The monoisotopic (exact) mass is 231 g/mol. The summed E-state index contributed by atoms with van der Waals surface area (Å²) >= 11 is 11.3. The Morgan fingerprint density at radius 3 is 2.64 bits per heavy atom. The highest BCUT2D eigenvalue weighted by molar-refractivity contribution is 6.35. The van der Waals surface area contributed by atoms with Crippen molar-refractivity contribution in [3.05, 3.63) is 33.8 Å². The number of nitrogens with two attached hydrogens (primary N) is 1. The molecule has 0 aromatic heterocycles. The van der Waals surface area contributed by atoms with Crippen LogP contribution in [-0.2, 0) is 4.79 Å². The molecule has 0 aliphatic rings. The summed E-state index contributed by atoms with van der Waals surface area (Å²) in [5, 5.41) is 9.94. The number of rotatable bonds is 2. The van der Waals surface area contributed by atoms with Crippen molar-refractivity contribution in [3.8, 4) is 5.75 Å². The molecule has 1 amide bonds. The fourth-order valence-corrected chi connectivity index (χ4v) is 1.39. The average molecular weight is 232 g/mol. The molecule has 0 bridgehead atoms. The molecule has 0 atom stereocenters. The molecule has 14 heavy (non-hydrogen) atoms. The van der Waals surface area contributed by atoms with E-state index in [1.165, 1.54) is 18.2 Å². The molecular formula is C9H7Cl2NO2. The zero-order chi connectivity index (χ0) is 10.7. The number of primary amides is 1. The first-order chi connectivity index (χ1) is 6.50. The first-order valence-electron chi connectivity index (χ1n) is 3.66. The lowest BCUT2D eigenvalue weighted by molar-refractivity contribution is -0.113. The molecule has 3 N–H and O–H groups in total. The van der Waals surface area contributed by atoms with Crippen LogP contribution in [0.3, 0.4) is 0 Å². The van der Waals surface area contributed by atoms with Gasteiger partial charge in [-0.1, -0.05) is 23.2 Å². The van der Waals surface area contributed by atoms with Gasteiger partial charge < -0.3 is 10.8 Å². The van der Waals surface area contributed by atoms with E-state index in [1.807, 2.05) is 0 Å². The summed E-state index contributed by atoms with van der Waals surface area (Å²) in [6.45, 7) is 0. The van der Waals surface area contributed by atoms with Crippen molar-refractivity contribution in [2.45, 2.75) is 0 Å². The molecule has 0 radical (unpaired) electrons. The van der Waals surface area contributed by atoms with E-state index >= 15 is 0 Å². The maximum atomic E-state index is 10.4. The molecule has 0 spiro atoms. The third kappa shape index (κ3) is 2.65. The number of benzene rings is 1. The van der Waals surface area contributed by atoms with Gasteiger partial charge in [-0.15, -0.1) is 0 Å². The summed E-state index contributed by atoms with van der Waals surface area (Å²) in [5.74, 6) is -0.742. The molecule has 1 rings (SSSR count). The number of aromatic hydroxyl groups is 1. The summed E-state index contributed by atoms with van der Waals surface area (Å²) < 4.78 is 0. The molecule has 0 unspecified atom stereocenters. The number of phenols is 1. The first-order valence-corrected chi connectivity index (χ1v) is 4.42. The lowest BCUT2D eigenvalue weighted by Gasteiger charge is -2.01. The van der Waals surface area contributed by atoms with Gasteiger partial charge in [0.05, 0.1) is 5.02 Å². The van der Waals surface area contributed by atoms with Gasteiger partial charge in [-0.2, -0.15) is 0 Å². The Balaban J connectivity index is 3.14. The van der Waals surface area contributed by atoms with E-state index in [0.717, 1.165) is 6.08 Å². The Morgan fingerprint density at radius 1 is 1.43 bits per heavy atom. The second-order valence-corrected chi connectivity index (χ2v) is 3.40. The molecule has 3 nitrogen and oxygen atoms in total. The van der Waals surface area contributed by atoms with Gasteiger partial charge in [0.2, 0.25) is 5.91 Å². The van der Waals surface area contributed by atoms with Crippen molar-refractivity contribution in [2.75, 3.05) is 0 Å². The molecule has 0 heterocycles. The fraction of sp³-hybridized carbons (Fsp3) is 0. The zero-order valence-electron chi connectivity index (χ0n) is 7.00. The van der Waals surface area contributed by atoms with E-state index in [4.69, 9.17) is 28.9 Å². The van der Waals surface area contributed by atoms with Crippen molar-refractivity contribution < 1.29 is 9.90 Å². The Bertz CT molecular complexity index is 402. The van der Waals surface area contributed by atoms with E-state index in [2.05, 4.69) is 0 Å². The lowest BCUT2D eigenvalue weighted by Crippen LogP contribution is -2.05. The predicted molar refractivity (Wildman–Crippen MR) is 56.4 cm³/mol. The van der Waals surface area contributed by atoms with Crippen LogP contribution in [0.25, 0.3) is 6.08 Å². The van der Waals surface area contributed by atoms with Gasteiger partial charge in [0.1, 0.15) is 5.75 Å². The Kier molecular flexibility index (Phi) is 3.38. The van der Waals surface area contributed by atoms with E-state index in [9.17, 15) is 9.90 Å². The molecule has 5 heteroatoms. The van der Waals surface area contributed by atoms with Gasteiger partial charge in [0.25, 0.3) is 0 Å². The highest BCUT2D eigenvalue weighted by Gasteiger charge is 2.05. The van der Waals surface area contributed by atoms with Gasteiger partial charge in [-0.05, 0) is 18.2 Å². The van der Waals surface area contributed by atoms with Crippen molar-refractivity contribution in [1.82, 2.24) is 0 Å². The van der Waals surface area contributed by atoms with Crippen molar-refractivity contribution in [3.63, 3.8) is 0 Å². The molecular weight excluding hydrogens is 225 g/mol. The second kappa shape index (κ2) is 4.35. The highest BCUT2D eigenvalue weighted by atomic mass is 35.5. The largest absolute Gasteiger partial charge is 0.506 e. The number of phenolic OH excluding ortho intramolecular Hbond substituents is 1. The molecule has 0 saturated carbocycles. The van der Waals surface area contributed by atoms with Crippen molar-refractivity contribution in [1.29, 1.82) is 0 Å². The van der Waals surface area contributed by atoms with Crippen LogP contribution in [-0.4, -0.2) is 11.0 Å². The minimum absolute atomic E-state index is 0.127. The maximum Gasteiger partial charge on any atom is 0.241 e. The molecule has 74 valence electrons. The maximum absolute atomic E-state index is 10.4. The average Bonchev–Trinajstić information content (AvgIpc) is 2.08. The van der Waals surface area contributed by atoms with Crippen molar-refractivity contribution >= 4 is 35.2 Å². The summed E-state index contributed by atoms with van der Waals surface area (Å²) in [6, 6.07) is 2.88. The quantitative estimate of drug-likeness (QED) is 0.767. The number of halogens is 2. The van der Waals surface area contributed by atoms with Crippen LogP contribution in [0, 0.1) is 0 Å². The van der Waals surface area contributed by atoms with Gasteiger partial charge in [0.15, 0.2) is 0 Å². The molecule has 0 aliphatic carbocycles. The topological polar surface area (TPSA) is 63.3 Å². The van der Waals surface area contributed by atoms with E-state index in [1.54, 1.807) is 0 Å². The minimum atomic E-state index is -0.611. The van der Waals surface area contributed by atoms with Gasteiger partial charge >= 0.3 is 0 Å². The van der Waals surface area contributed by atoms with Crippen LogP contribution >= 0.6 is 23.2 Å². The van der Waals surface area contributed by atoms with Crippen LogP contribution in [0.1, 0.15) is 5.56 Å². The zero-order valence-corrected chi connectivity index (χ0v) is 8.51. The summed E-state index contributed by atoms with van der Waals surface area (Å²) in [6.07, 6.45) is 2.46. The molecule has 0 aliphatic heterocycles. The van der Waals surface area contributed by atoms with Crippen LogP contribution in [0.2, 0.25) is 10.0 Å². The van der Waals surface area contributed by atoms with Crippen molar-refractivity contribution in [2.24, 2.45) is 5.73 Å². The summed E-state index contributed by atoms with van der Waals surface area (Å²) in [4.78, 5) is 10.4. The lowest BCUT2D eigenvalue weighted by atomic mass is 10.2. The standard InChI is InChI=1S/C9H7Cl2NO2/c10-6-3-5(1-2-8(12)13)9(14)7(11)4-6/h1-4,14H,(H2,12,13). The third-order valence-corrected chi connectivity index (χ3v) is 1.99. The Labute approximate surface area is 90.7 Å². The molecule has 0 fully saturated rings. The number of amides is 1. The van der Waals surface area contributed by atoms with Gasteiger partial charge in [-0.25, -0.2) is 0 Å². The number of hydrogen-bond acceptors (Lipinski definition) is 2. The fourth-order valence-electron chi connectivity index (χ4n) is 0.885. The van der Waals surface area contributed by atoms with Crippen LogP contribution in [0.5, 0.6) is 5.75 Å². The smallest absolute Gasteiger partial charge is 0.241 e. The minimum Gasteiger partial charge on any atom is -0.506 e. The second-order valence-electron chi connectivity index (χ2n) is 2.56. The SMILES string of the molecule is NC(=O)C=Cc1cc(Cl)cc(Cl)c1O. The molecule has 1 aromatic rings. The van der Waals surface area contributed by atoms with Crippen LogP contribution in [0.15, 0.2) is 18.2 Å². The molecule has 0 saturated heterocycles.